The highest BCUT2D eigenvalue weighted by molar-refractivity contribution is 7.89. The van der Waals surface area contributed by atoms with Crippen molar-refractivity contribution in [1.29, 1.82) is 0 Å². The fourth-order valence-corrected chi connectivity index (χ4v) is 4.81. The van der Waals surface area contributed by atoms with Crippen LogP contribution in [0.25, 0.3) is 0 Å². The van der Waals surface area contributed by atoms with E-state index < -0.39 is 28.1 Å². The standard InChI is InChI=1S/C22H27N3O7S/c1-15-4-6-16(7-5-15)13-23-21(26)22(27)24-14-20-25(10-11-32-20)33(28,29)17-8-9-18(30-2)19(12-17)31-3/h4-9,12,20H,10-11,13-14H2,1-3H3,(H,23,26)(H,24,27)/t20-/m0/s1. The summed E-state index contributed by atoms with van der Waals surface area (Å²) in [5.74, 6) is -1.02. The third kappa shape index (κ3) is 5.81. The second kappa shape index (κ2) is 10.6. The van der Waals surface area contributed by atoms with Crippen LogP contribution >= 0.6 is 0 Å². The lowest BCUT2D eigenvalue weighted by Crippen LogP contribution is -2.47. The molecule has 2 aromatic rings. The van der Waals surface area contributed by atoms with Gasteiger partial charge in [0, 0.05) is 19.2 Å². The molecule has 0 spiro atoms. The van der Waals surface area contributed by atoms with E-state index in [4.69, 9.17) is 14.2 Å². The Bertz CT molecular complexity index is 1100. The highest BCUT2D eigenvalue weighted by Crippen LogP contribution is 2.31. The molecule has 11 heteroatoms. The molecule has 33 heavy (non-hydrogen) atoms. The van der Waals surface area contributed by atoms with Gasteiger partial charge in [0.25, 0.3) is 0 Å². The third-order valence-electron chi connectivity index (χ3n) is 5.12. The molecule has 1 aliphatic heterocycles. The average molecular weight is 478 g/mol. The fourth-order valence-electron chi connectivity index (χ4n) is 3.28. The van der Waals surface area contributed by atoms with Crippen molar-refractivity contribution in [3.63, 3.8) is 0 Å². The Morgan fingerprint density at radius 2 is 1.70 bits per heavy atom. The molecule has 0 bridgehead atoms. The summed E-state index contributed by atoms with van der Waals surface area (Å²) in [6, 6.07) is 11.8. The van der Waals surface area contributed by atoms with Gasteiger partial charge >= 0.3 is 11.8 Å². The number of hydrogen-bond acceptors (Lipinski definition) is 7. The first kappa shape index (κ1) is 24.5. The van der Waals surface area contributed by atoms with Crippen LogP contribution in [0.4, 0.5) is 0 Å². The molecule has 2 aromatic carbocycles. The quantitative estimate of drug-likeness (QED) is 0.539. The largest absolute Gasteiger partial charge is 0.493 e. The Morgan fingerprint density at radius 3 is 2.36 bits per heavy atom. The van der Waals surface area contributed by atoms with Gasteiger partial charge in [-0.15, -0.1) is 0 Å². The molecular formula is C22H27N3O7S. The van der Waals surface area contributed by atoms with Gasteiger partial charge in [-0.3, -0.25) is 9.59 Å². The zero-order valence-electron chi connectivity index (χ0n) is 18.7. The van der Waals surface area contributed by atoms with Crippen LogP contribution in [0.15, 0.2) is 47.4 Å². The number of sulfonamides is 1. The maximum Gasteiger partial charge on any atom is 0.309 e. The minimum Gasteiger partial charge on any atom is -0.493 e. The first-order chi connectivity index (χ1) is 15.8. The second-order valence-corrected chi connectivity index (χ2v) is 9.23. The van der Waals surface area contributed by atoms with E-state index in [1.807, 2.05) is 31.2 Å². The van der Waals surface area contributed by atoms with Gasteiger partial charge in [0.15, 0.2) is 11.5 Å². The lowest BCUT2D eigenvalue weighted by Gasteiger charge is -2.23. The van der Waals surface area contributed by atoms with Gasteiger partial charge in [0.2, 0.25) is 10.0 Å². The predicted molar refractivity (Wildman–Crippen MR) is 119 cm³/mol. The van der Waals surface area contributed by atoms with Gasteiger partial charge < -0.3 is 24.8 Å². The summed E-state index contributed by atoms with van der Waals surface area (Å²) in [4.78, 5) is 24.3. The number of ether oxygens (including phenoxy) is 3. The summed E-state index contributed by atoms with van der Waals surface area (Å²) in [6.07, 6.45) is -0.947. The molecular weight excluding hydrogens is 450 g/mol. The van der Waals surface area contributed by atoms with Crippen LogP contribution in [-0.4, -0.2) is 64.7 Å². The molecule has 1 atom stereocenters. The van der Waals surface area contributed by atoms with Crippen LogP contribution in [0, 0.1) is 6.92 Å². The van der Waals surface area contributed by atoms with Gasteiger partial charge in [-0.25, -0.2) is 8.42 Å². The summed E-state index contributed by atoms with van der Waals surface area (Å²) < 4.78 is 43.2. The van der Waals surface area contributed by atoms with Crippen LogP contribution < -0.4 is 20.1 Å². The highest BCUT2D eigenvalue weighted by Gasteiger charge is 2.37. The molecule has 0 aliphatic carbocycles. The SMILES string of the molecule is COc1ccc(S(=O)(=O)N2CCO[C@H]2CNC(=O)C(=O)NCc2ccc(C)cc2)cc1OC. The van der Waals surface area contributed by atoms with Crippen molar-refractivity contribution in [3.8, 4) is 11.5 Å². The summed E-state index contributed by atoms with van der Waals surface area (Å²) in [5, 5.41) is 4.97. The topological polar surface area (TPSA) is 123 Å². The zero-order chi connectivity index (χ0) is 24.0. The molecule has 1 aliphatic rings. The number of carbonyl (C=O) groups excluding carboxylic acids is 2. The number of aryl methyl sites for hydroxylation is 1. The molecule has 0 saturated carbocycles. The van der Waals surface area contributed by atoms with Gasteiger partial charge in [-0.1, -0.05) is 29.8 Å². The monoisotopic (exact) mass is 477 g/mol. The third-order valence-corrected chi connectivity index (χ3v) is 7.01. The van der Waals surface area contributed by atoms with Crippen LogP contribution in [0.2, 0.25) is 0 Å². The van der Waals surface area contributed by atoms with E-state index in [0.29, 0.717) is 5.75 Å². The number of benzene rings is 2. The summed E-state index contributed by atoms with van der Waals surface area (Å²) in [5.41, 5.74) is 1.94. The molecule has 1 saturated heterocycles. The van der Waals surface area contributed by atoms with E-state index >= 15 is 0 Å². The van der Waals surface area contributed by atoms with Crippen molar-refractivity contribution in [2.24, 2.45) is 0 Å². The van der Waals surface area contributed by atoms with Crippen molar-refractivity contribution in [2.75, 3.05) is 33.9 Å². The molecule has 0 unspecified atom stereocenters. The van der Waals surface area contributed by atoms with E-state index in [0.717, 1.165) is 15.4 Å². The van der Waals surface area contributed by atoms with Crippen molar-refractivity contribution in [1.82, 2.24) is 14.9 Å². The van der Waals surface area contributed by atoms with Gasteiger partial charge in [0.1, 0.15) is 6.23 Å². The first-order valence-electron chi connectivity index (χ1n) is 10.2. The van der Waals surface area contributed by atoms with Crippen molar-refractivity contribution >= 4 is 21.8 Å². The Hall–Kier alpha value is -3.15. The number of methoxy groups -OCH3 is 2. The average Bonchev–Trinajstić information content (AvgIpc) is 3.31. The lowest BCUT2D eigenvalue weighted by atomic mass is 10.1. The second-order valence-electron chi connectivity index (χ2n) is 7.34. The van der Waals surface area contributed by atoms with Gasteiger partial charge in [0.05, 0.1) is 32.3 Å². The van der Waals surface area contributed by atoms with Crippen molar-refractivity contribution < 1.29 is 32.2 Å². The van der Waals surface area contributed by atoms with Gasteiger partial charge in [-0.05, 0) is 24.6 Å². The smallest absolute Gasteiger partial charge is 0.309 e. The van der Waals surface area contributed by atoms with E-state index in [-0.39, 0.29) is 36.9 Å². The summed E-state index contributed by atoms with van der Waals surface area (Å²) in [7, 11) is -1.08. The van der Waals surface area contributed by atoms with Gasteiger partial charge in [-0.2, -0.15) is 4.31 Å². The van der Waals surface area contributed by atoms with Crippen molar-refractivity contribution in [2.45, 2.75) is 24.6 Å². The lowest BCUT2D eigenvalue weighted by molar-refractivity contribution is -0.139. The Morgan fingerprint density at radius 1 is 1.03 bits per heavy atom. The number of carbonyl (C=O) groups is 2. The molecule has 10 nitrogen and oxygen atoms in total. The van der Waals surface area contributed by atoms with Crippen LogP contribution in [-0.2, 0) is 30.9 Å². The number of amides is 2. The molecule has 0 radical (unpaired) electrons. The van der Waals surface area contributed by atoms with Crippen LogP contribution in [0.5, 0.6) is 11.5 Å². The Labute approximate surface area is 192 Å². The summed E-state index contributed by atoms with van der Waals surface area (Å²) in [6.45, 7) is 2.24. The van der Waals surface area contributed by atoms with Crippen LogP contribution in [0.3, 0.4) is 0 Å². The maximum atomic E-state index is 13.1. The molecule has 2 N–H and O–H groups in total. The number of nitrogens with zero attached hydrogens (tertiary/aromatic N) is 1. The Kier molecular flexibility index (Phi) is 7.90. The molecule has 178 valence electrons. The molecule has 0 aromatic heterocycles. The zero-order valence-corrected chi connectivity index (χ0v) is 19.5. The predicted octanol–water partition coefficient (Wildman–Crippen LogP) is 0.792. The molecule has 1 heterocycles. The molecule has 2 amide bonds. The summed E-state index contributed by atoms with van der Waals surface area (Å²) >= 11 is 0. The van der Waals surface area contributed by atoms with Crippen LogP contribution in [0.1, 0.15) is 11.1 Å². The number of hydrogen-bond donors (Lipinski definition) is 2. The normalized spacial score (nSPS) is 16.3. The number of rotatable bonds is 8. The van der Waals surface area contributed by atoms with E-state index in [2.05, 4.69) is 10.6 Å². The maximum absolute atomic E-state index is 13.1. The van der Waals surface area contributed by atoms with E-state index in [1.54, 1.807) is 0 Å². The number of nitrogens with one attached hydrogen (secondary N) is 2. The van der Waals surface area contributed by atoms with Crippen molar-refractivity contribution in [3.05, 3.63) is 53.6 Å². The Balaban J connectivity index is 1.60. The minimum atomic E-state index is -3.94. The first-order valence-corrected chi connectivity index (χ1v) is 11.7. The molecule has 1 fully saturated rings. The van der Waals surface area contributed by atoms with E-state index in [1.165, 1.54) is 32.4 Å². The fraction of sp³-hybridized carbons (Fsp3) is 0.364. The highest BCUT2D eigenvalue weighted by atomic mass is 32.2. The minimum absolute atomic E-state index is 0.00202. The van der Waals surface area contributed by atoms with E-state index in [9.17, 15) is 18.0 Å². The molecule has 3 rings (SSSR count).